The molecule has 2 aliphatic heterocycles. The fourth-order valence-corrected chi connectivity index (χ4v) is 4.56. The highest BCUT2D eigenvalue weighted by atomic mass is 16.4. The van der Waals surface area contributed by atoms with Crippen molar-refractivity contribution in [2.24, 2.45) is 5.73 Å². The molecule has 0 radical (unpaired) electrons. The molecule has 4 rings (SSSR count). The highest BCUT2D eigenvalue weighted by Crippen LogP contribution is 2.31. The Bertz CT molecular complexity index is 881. The second-order valence-electron chi connectivity index (χ2n) is 8.02. The average Bonchev–Trinajstić information content (AvgIpc) is 2.78. The first-order valence-electron chi connectivity index (χ1n) is 10.4. The van der Waals surface area contributed by atoms with Crippen molar-refractivity contribution in [1.29, 1.82) is 0 Å². The SMILES string of the molecule is NCc1cccc(C2CCN(C(=O)C3NCCc4cc(B(O)O)ccc43)CC2)c1. The maximum atomic E-state index is 13.2. The van der Waals surface area contributed by atoms with Gasteiger partial charge in [-0.1, -0.05) is 42.5 Å². The number of nitrogens with two attached hydrogens (primary N) is 1. The van der Waals surface area contributed by atoms with Crippen molar-refractivity contribution >= 4 is 18.5 Å². The van der Waals surface area contributed by atoms with Crippen LogP contribution in [-0.4, -0.2) is 47.6 Å². The minimum Gasteiger partial charge on any atom is -0.423 e. The molecule has 1 fully saturated rings. The quantitative estimate of drug-likeness (QED) is 0.565. The van der Waals surface area contributed by atoms with E-state index in [-0.39, 0.29) is 11.9 Å². The summed E-state index contributed by atoms with van der Waals surface area (Å²) in [7, 11) is -1.49. The Morgan fingerprint density at radius 3 is 2.69 bits per heavy atom. The number of hydrogen-bond donors (Lipinski definition) is 4. The predicted molar refractivity (Wildman–Crippen MR) is 114 cm³/mol. The minimum atomic E-state index is -1.49. The lowest BCUT2D eigenvalue weighted by molar-refractivity contribution is -0.134. The molecule has 0 saturated carbocycles. The van der Waals surface area contributed by atoms with Crippen molar-refractivity contribution in [3.8, 4) is 0 Å². The molecule has 1 amide bonds. The molecular formula is C22H28BN3O3. The third-order valence-corrected chi connectivity index (χ3v) is 6.23. The first-order valence-corrected chi connectivity index (χ1v) is 10.4. The van der Waals surface area contributed by atoms with Crippen molar-refractivity contribution in [2.45, 2.75) is 37.8 Å². The van der Waals surface area contributed by atoms with E-state index >= 15 is 0 Å². The highest BCUT2D eigenvalue weighted by molar-refractivity contribution is 6.58. The normalized spacial score (nSPS) is 19.7. The van der Waals surface area contributed by atoms with Gasteiger partial charge in [0, 0.05) is 26.2 Å². The van der Waals surface area contributed by atoms with Gasteiger partial charge in [-0.25, -0.2) is 0 Å². The third-order valence-electron chi connectivity index (χ3n) is 6.23. The first-order chi connectivity index (χ1) is 14.1. The number of likely N-dealkylation sites (tertiary alicyclic amines) is 1. The number of amides is 1. The van der Waals surface area contributed by atoms with Crippen LogP contribution >= 0.6 is 0 Å². The lowest BCUT2D eigenvalue weighted by atomic mass is 9.77. The molecule has 6 nitrogen and oxygen atoms in total. The number of benzene rings is 2. The van der Waals surface area contributed by atoms with E-state index in [1.54, 1.807) is 12.1 Å². The second-order valence-corrected chi connectivity index (χ2v) is 8.02. The van der Waals surface area contributed by atoms with E-state index < -0.39 is 7.12 Å². The summed E-state index contributed by atoms with van der Waals surface area (Å²) < 4.78 is 0. The lowest BCUT2D eigenvalue weighted by Crippen LogP contribution is -2.46. The van der Waals surface area contributed by atoms with Crippen LogP contribution in [0.1, 0.15) is 47.1 Å². The first kappa shape index (κ1) is 20.1. The summed E-state index contributed by atoms with van der Waals surface area (Å²) in [5.74, 6) is 0.572. The smallest absolute Gasteiger partial charge is 0.423 e. The van der Waals surface area contributed by atoms with Gasteiger partial charge in [0.1, 0.15) is 6.04 Å². The van der Waals surface area contributed by atoms with Gasteiger partial charge in [0.25, 0.3) is 0 Å². The number of nitrogens with one attached hydrogen (secondary N) is 1. The zero-order valence-corrected chi connectivity index (χ0v) is 16.6. The molecule has 0 spiro atoms. The Hall–Kier alpha value is -2.19. The van der Waals surface area contributed by atoms with Crippen molar-refractivity contribution in [1.82, 2.24) is 10.2 Å². The van der Waals surface area contributed by atoms with Gasteiger partial charge in [-0.15, -0.1) is 0 Å². The molecule has 1 atom stereocenters. The van der Waals surface area contributed by atoms with Crippen molar-refractivity contribution in [3.05, 3.63) is 64.7 Å². The topological polar surface area (TPSA) is 98.8 Å². The molecule has 1 saturated heterocycles. The van der Waals surface area contributed by atoms with Crippen LogP contribution in [0.25, 0.3) is 0 Å². The van der Waals surface area contributed by atoms with Gasteiger partial charge in [-0.3, -0.25) is 4.79 Å². The summed E-state index contributed by atoms with van der Waals surface area (Å²) in [6.07, 6.45) is 2.68. The van der Waals surface area contributed by atoms with E-state index in [9.17, 15) is 14.8 Å². The maximum Gasteiger partial charge on any atom is 0.488 e. The molecule has 152 valence electrons. The van der Waals surface area contributed by atoms with Gasteiger partial charge in [-0.05, 0) is 52.9 Å². The average molecular weight is 393 g/mol. The van der Waals surface area contributed by atoms with Gasteiger partial charge in [0.05, 0.1) is 0 Å². The predicted octanol–water partition coefficient (Wildman–Crippen LogP) is 0.418. The molecular weight excluding hydrogens is 365 g/mol. The van der Waals surface area contributed by atoms with Gasteiger partial charge in [0.2, 0.25) is 5.91 Å². The van der Waals surface area contributed by atoms with E-state index in [4.69, 9.17) is 5.73 Å². The molecule has 7 heteroatoms. The zero-order chi connectivity index (χ0) is 20.4. The van der Waals surface area contributed by atoms with Gasteiger partial charge in [0.15, 0.2) is 0 Å². The largest absolute Gasteiger partial charge is 0.488 e. The molecule has 0 bridgehead atoms. The molecule has 29 heavy (non-hydrogen) atoms. The summed E-state index contributed by atoms with van der Waals surface area (Å²) in [5.41, 5.74) is 10.7. The number of nitrogens with zero attached hydrogens (tertiary/aromatic N) is 1. The van der Waals surface area contributed by atoms with Crippen LogP contribution in [0.15, 0.2) is 42.5 Å². The summed E-state index contributed by atoms with van der Waals surface area (Å²) in [4.78, 5) is 15.2. The Labute approximate surface area is 171 Å². The van der Waals surface area contributed by atoms with E-state index in [0.717, 1.165) is 49.0 Å². The number of rotatable bonds is 4. The van der Waals surface area contributed by atoms with E-state index in [2.05, 4.69) is 29.6 Å². The number of piperidine rings is 1. The zero-order valence-electron chi connectivity index (χ0n) is 16.6. The van der Waals surface area contributed by atoms with Gasteiger partial charge < -0.3 is 26.0 Å². The second kappa shape index (κ2) is 8.67. The van der Waals surface area contributed by atoms with Gasteiger partial charge >= 0.3 is 7.12 Å². The standard InChI is InChI=1S/C22H28BN3O3/c24-14-15-2-1-3-17(12-15)16-7-10-26(11-8-16)22(27)21-20-5-4-19(23(28)29)13-18(20)6-9-25-21/h1-5,12-13,16,21,25,28-29H,6-11,14,24H2. The van der Waals surface area contributed by atoms with Crippen molar-refractivity contribution in [2.75, 3.05) is 19.6 Å². The van der Waals surface area contributed by atoms with Crippen LogP contribution in [0, 0.1) is 0 Å². The van der Waals surface area contributed by atoms with Crippen molar-refractivity contribution in [3.63, 3.8) is 0 Å². The van der Waals surface area contributed by atoms with E-state index in [0.29, 0.717) is 24.5 Å². The van der Waals surface area contributed by atoms with Crippen LogP contribution in [0.4, 0.5) is 0 Å². The molecule has 2 heterocycles. The summed E-state index contributed by atoms with van der Waals surface area (Å²) >= 11 is 0. The van der Waals surface area contributed by atoms with Crippen LogP contribution in [0.5, 0.6) is 0 Å². The van der Waals surface area contributed by atoms with Crippen LogP contribution in [-0.2, 0) is 17.8 Å². The fraction of sp³-hybridized carbons (Fsp3) is 0.409. The number of carbonyl (C=O) groups is 1. The van der Waals surface area contributed by atoms with Crippen LogP contribution < -0.4 is 16.5 Å². The van der Waals surface area contributed by atoms with E-state index in [1.807, 2.05) is 11.0 Å². The number of hydrogen-bond acceptors (Lipinski definition) is 5. The molecule has 0 aromatic heterocycles. The Morgan fingerprint density at radius 1 is 1.17 bits per heavy atom. The summed E-state index contributed by atoms with van der Waals surface area (Å²) in [5, 5.41) is 22.2. The molecule has 0 aliphatic carbocycles. The van der Waals surface area contributed by atoms with Crippen LogP contribution in [0.2, 0.25) is 0 Å². The number of fused-ring (bicyclic) bond motifs is 1. The highest BCUT2D eigenvalue weighted by Gasteiger charge is 2.32. The van der Waals surface area contributed by atoms with Crippen molar-refractivity contribution < 1.29 is 14.8 Å². The minimum absolute atomic E-state index is 0.109. The Kier molecular flexibility index (Phi) is 6.01. The molecule has 2 aromatic carbocycles. The third kappa shape index (κ3) is 4.23. The Morgan fingerprint density at radius 2 is 1.97 bits per heavy atom. The van der Waals surface area contributed by atoms with E-state index in [1.165, 1.54) is 5.56 Å². The fourth-order valence-electron chi connectivity index (χ4n) is 4.56. The molecule has 5 N–H and O–H groups in total. The van der Waals surface area contributed by atoms with Gasteiger partial charge in [-0.2, -0.15) is 0 Å². The lowest BCUT2D eigenvalue weighted by Gasteiger charge is -2.36. The Balaban J connectivity index is 1.44. The molecule has 2 aliphatic rings. The maximum absolute atomic E-state index is 13.2. The summed E-state index contributed by atoms with van der Waals surface area (Å²) in [6.45, 7) is 2.75. The summed E-state index contributed by atoms with van der Waals surface area (Å²) in [6, 6.07) is 13.4. The monoisotopic (exact) mass is 393 g/mol. The number of carbonyl (C=O) groups excluding carboxylic acids is 1. The molecule has 1 unspecified atom stereocenters. The molecule has 2 aromatic rings. The van der Waals surface area contributed by atoms with Crippen LogP contribution in [0.3, 0.4) is 0 Å².